The fourth-order valence-electron chi connectivity index (χ4n) is 1.16. The van der Waals surface area contributed by atoms with Crippen molar-refractivity contribution in [2.45, 2.75) is 37.1 Å². The molecule has 0 aromatic carbocycles. The van der Waals surface area contributed by atoms with Crippen molar-refractivity contribution in [1.82, 2.24) is 0 Å². The lowest BCUT2D eigenvalue weighted by Crippen LogP contribution is -2.59. The van der Waals surface area contributed by atoms with E-state index in [0.29, 0.717) is 6.42 Å². The number of hydrogen-bond acceptors (Lipinski definition) is 1. The van der Waals surface area contributed by atoms with Gasteiger partial charge in [0.1, 0.15) is 0 Å². The van der Waals surface area contributed by atoms with E-state index in [0.717, 1.165) is 0 Å². The molecule has 0 bridgehead atoms. The number of rotatable bonds is 1. The molecular formula is C6H9F4N. The SMILES string of the molecule is NC1(C(F)C(F)(F)F)CCC1. The van der Waals surface area contributed by atoms with Crippen molar-refractivity contribution in [2.24, 2.45) is 5.73 Å². The van der Waals surface area contributed by atoms with Gasteiger partial charge in [-0.3, -0.25) is 0 Å². The average Bonchev–Trinajstić information content (AvgIpc) is 1.79. The van der Waals surface area contributed by atoms with Crippen LogP contribution < -0.4 is 5.73 Å². The van der Waals surface area contributed by atoms with Gasteiger partial charge in [-0.1, -0.05) is 0 Å². The summed E-state index contributed by atoms with van der Waals surface area (Å²) < 4.78 is 47.6. The second-order valence-electron chi connectivity index (χ2n) is 2.99. The third-order valence-electron chi connectivity index (χ3n) is 2.08. The minimum atomic E-state index is -4.80. The third kappa shape index (κ3) is 1.47. The Morgan fingerprint density at radius 2 is 1.73 bits per heavy atom. The first-order valence-corrected chi connectivity index (χ1v) is 3.36. The summed E-state index contributed by atoms with van der Waals surface area (Å²) in [6.07, 6.45) is -6.80. The topological polar surface area (TPSA) is 26.0 Å². The van der Waals surface area contributed by atoms with Crippen molar-refractivity contribution >= 4 is 0 Å². The van der Waals surface area contributed by atoms with Crippen LogP contribution in [0.1, 0.15) is 19.3 Å². The normalized spacial score (nSPS) is 25.9. The molecule has 0 radical (unpaired) electrons. The minimum absolute atomic E-state index is 0.133. The van der Waals surface area contributed by atoms with Gasteiger partial charge in [-0.05, 0) is 19.3 Å². The Morgan fingerprint density at radius 3 is 1.82 bits per heavy atom. The Labute approximate surface area is 61.6 Å². The monoisotopic (exact) mass is 171 g/mol. The average molecular weight is 171 g/mol. The van der Waals surface area contributed by atoms with E-state index in [1.807, 2.05) is 0 Å². The summed E-state index contributed by atoms with van der Waals surface area (Å²) in [5.74, 6) is 0. The van der Waals surface area contributed by atoms with Crippen molar-refractivity contribution in [3.63, 3.8) is 0 Å². The molecule has 66 valence electrons. The molecule has 1 atom stereocenters. The lowest BCUT2D eigenvalue weighted by Gasteiger charge is -2.41. The van der Waals surface area contributed by atoms with E-state index in [1.165, 1.54) is 0 Å². The smallest absolute Gasteiger partial charge is 0.322 e. The molecule has 5 heteroatoms. The van der Waals surface area contributed by atoms with Crippen LogP contribution in [0.2, 0.25) is 0 Å². The molecule has 1 fully saturated rings. The highest BCUT2D eigenvalue weighted by Crippen LogP contribution is 2.40. The Hall–Kier alpha value is -0.320. The van der Waals surface area contributed by atoms with Crippen LogP contribution in [0.25, 0.3) is 0 Å². The van der Waals surface area contributed by atoms with Gasteiger partial charge in [0.05, 0.1) is 5.54 Å². The van der Waals surface area contributed by atoms with E-state index >= 15 is 0 Å². The summed E-state index contributed by atoms with van der Waals surface area (Å²) in [7, 11) is 0. The van der Waals surface area contributed by atoms with Gasteiger partial charge in [0, 0.05) is 0 Å². The van der Waals surface area contributed by atoms with Crippen molar-refractivity contribution in [2.75, 3.05) is 0 Å². The molecular weight excluding hydrogens is 162 g/mol. The maximum absolute atomic E-state index is 12.5. The zero-order valence-corrected chi connectivity index (χ0v) is 5.79. The van der Waals surface area contributed by atoms with Crippen LogP contribution in [0.3, 0.4) is 0 Å². The Balaban J connectivity index is 2.60. The zero-order chi connectivity index (χ0) is 8.70. The van der Waals surface area contributed by atoms with E-state index < -0.39 is 17.9 Å². The summed E-state index contributed by atoms with van der Waals surface area (Å²) in [6.45, 7) is 0. The van der Waals surface area contributed by atoms with Gasteiger partial charge in [-0.25, -0.2) is 4.39 Å². The van der Waals surface area contributed by atoms with Gasteiger partial charge in [0.15, 0.2) is 0 Å². The summed E-state index contributed by atoms with van der Waals surface area (Å²) in [5.41, 5.74) is 3.51. The standard InChI is InChI=1S/C6H9F4N/c7-4(6(8,9)10)5(11)2-1-3-5/h4H,1-3,11H2. The summed E-state index contributed by atoms with van der Waals surface area (Å²) in [5, 5.41) is 0. The van der Waals surface area contributed by atoms with Gasteiger partial charge in [-0.15, -0.1) is 0 Å². The number of hydrogen-bond donors (Lipinski definition) is 1. The van der Waals surface area contributed by atoms with E-state index in [2.05, 4.69) is 0 Å². The van der Waals surface area contributed by atoms with Crippen molar-refractivity contribution < 1.29 is 17.6 Å². The first-order chi connectivity index (χ1) is 4.86. The predicted octanol–water partition coefficient (Wildman–Crippen LogP) is 1.77. The highest BCUT2D eigenvalue weighted by Gasteiger charge is 2.55. The van der Waals surface area contributed by atoms with E-state index in [-0.39, 0.29) is 12.8 Å². The summed E-state index contributed by atoms with van der Waals surface area (Å²) >= 11 is 0. The van der Waals surface area contributed by atoms with E-state index in [1.54, 1.807) is 0 Å². The van der Waals surface area contributed by atoms with Crippen molar-refractivity contribution in [3.05, 3.63) is 0 Å². The molecule has 0 heterocycles. The van der Waals surface area contributed by atoms with Gasteiger partial charge in [0.25, 0.3) is 0 Å². The highest BCUT2D eigenvalue weighted by molar-refractivity contribution is 5.01. The first kappa shape index (κ1) is 8.77. The van der Waals surface area contributed by atoms with Crippen LogP contribution in [0.5, 0.6) is 0 Å². The molecule has 1 unspecified atom stereocenters. The maximum Gasteiger partial charge on any atom is 0.421 e. The Bertz CT molecular complexity index is 149. The molecule has 0 aliphatic heterocycles. The number of alkyl halides is 4. The van der Waals surface area contributed by atoms with Gasteiger partial charge < -0.3 is 5.73 Å². The molecule has 1 aliphatic rings. The van der Waals surface area contributed by atoms with Crippen LogP contribution in [0.15, 0.2) is 0 Å². The lowest BCUT2D eigenvalue weighted by atomic mass is 9.74. The molecule has 1 saturated carbocycles. The zero-order valence-electron chi connectivity index (χ0n) is 5.79. The highest BCUT2D eigenvalue weighted by atomic mass is 19.4. The molecule has 11 heavy (non-hydrogen) atoms. The Kier molecular flexibility index (Phi) is 1.86. The molecule has 1 rings (SSSR count). The van der Waals surface area contributed by atoms with Crippen LogP contribution in [0.4, 0.5) is 17.6 Å². The molecule has 0 aromatic heterocycles. The fourth-order valence-corrected chi connectivity index (χ4v) is 1.16. The van der Waals surface area contributed by atoms with E-state index in [9.17, 15) is 17.6 Å². The molecule has 0 spiro atoms. The third-order valence-corrected chi connectivity index (χ3v) is 2.08. The molecule has 1 aliphatic carbocycles. The first-order valence-electron chi connectivity index (χ1n) is 3.36. The van der Waals surface area contributed by atoms with Gasteiger partial charge >= 0.3 is 6.18 Å². The van der Waals surface area contributed by atoms with Crippen molar-refractivity contribution in [1.29, 1.82) is 0 Å². The lowest BCUT2D eigenvalue weighted by molar-refractivity contribution is -0.206. The summed E-state index contributed by atoms with van der Waals surface area (Å²) in [4.78, 5) is 0. The molecule has 2 N–H and O–H groups in total. The molecule has 1 nitrogen and oxygen atoms in total. The van der Waals surface area contributed by atoms with Crippen LogP contribution in [-0.4, -0.2) is 17.9 Å². The van der Waals surface area contributed by atoms with Crippen LogP contribution in [-0.2, 0) is 0 Å². The fraction of sp³-hybridized carbons (Fsp3) is 1.00. The second-order valence-corrected chi connectivity index (χ2v) is 2.99. The van der Waals surface area contributed by atoms with E-state index in [4.69, 9.17) is 5.73 Å². The summed E-state index contributed by atoms with van der Waals surface area (Å²) in [6, 6.07) is 0. The Morgan fingerprint density at radius 1 is 1.27 bits per heavy atom. The quantitative estimate of drug-likeness (QED) is 0.598. The van der Waals surface area contributed by atoms with Gasteiger partial charge in [-0.2, -0.15) is 13.2 Å². The molecule has 0 amide bonds. The molecule has 0 aromatic rings. The largest absolute Gasteiger partial charge is 0.421 e. The predicted molar refractivity (Wildman–Crippen MR) is 31.7 cm³/mol. The second kappa shape index (κ2) is 2.33. The van der Waals surface area contributed by atoms with Crippen LogP contribution in [0, 0.1) is 0 Å². The minimum Gasteiger partial charge on any atom is -0.322 e. The van der Waals surface area contributed by atoms with Crippen molar-refractivity contribution in [3.8, 4) is 0 Å². The maximum atomic E-state index is 12.5. The van der Waals surface area contributed by atoms with Gasteiger partial charge in [0.2, 0.25) is 6.17 Å². The van der Waals surface area contributed by atoms with Crippen LogP contribution >= 0.6 is 0 Å². The number of halogens is 4. The molecule has 0 saturated heterocycles. The number of nitrogens with two attached hydrogens (primary N) is 1.